The number of hydrogen-bond acceptors (Lipinski definition) is 10. The van der Waals surface area contributed by atoms with E-state index in [0.29, 0.717) is 29.9 Å². The number of anilines is 2. The molecule has 4 heterocycles. The van der Waals surface area contributed by atoms with E-state index in [4.69, 9.17) is 16.6 Å². The number of benzene rings is 1. The number of hydrogen-bond donors (Lipinski definition) is 2. The van der Waals surface area contributed by atoms with Crippen molar-refractivity contribution in [3.63, 3.8) is 0 Å². The summed E-state index contributed by atoms with van der Waals surface area (Å²) in [5, 5.41) is 12.3. The number of nitrogens with one attached hydrogen (secondary N) is 2. The van der Waals surface area contributed by atoms with E-state index in [1.807, 2.05) is 49.8 Å². The molecule has 1 atom stereocenters. The van der Waals surface area contributed by atoms with Crippen LogP contribution in [0.2, 0.25) is 5.15 Å². The highest BCUT2D eigenvalue weighted by Crippen LogP contribution is 2.31. The van der Waals surface area contributed by atoms with Crippen LogP contribution in [0.5, 0.6) is 0 Å². The van der Waals surface area contributed by atoms with Gasteiger partial charge in [-0.1, -0.05) is 17.7 Å². The van der Waals surface area contributed by atoms with Crippen molar-refractivity contribution in [3.05, 3.63) is 80.1 Å². The number of carbonyl (C=O) groups is 1. The highest BCUT2D eigenvalue weighted by atomic mass is 35.5. The minimum atomic E-state index is -3.83. The minimum Gasteiger partial charge on any atom is -0.377 e. The fourth-order valence-electron chi connectivity index (χ4n) is 5.41. The van der Waals surface area contributed by atoms with Crippen molar-refractivity contribution in [3.8, 4) is 0 Å². The second kappa shape index (κ2) is 11.9. The molecule has 14 heteroatoms. The van der Waals surface area contributed by atoms with Crippen LogP contribution in [0.1, 0.15) is 64.7 Å². The zero-order chi connectivity index (χ0) is 31.1. The molecule has 0 spiro atoms. The number of pyridine rings is 1. The fraction of sp³-hybridized carbons (Fsp3) is 0.379. The van der Waals surface area contributed by atoms with Crippen molar-refractivity contribution < 1.29 is 13.2 Å². The molecule has 0 bridgehead atoms. The molecule has 1 amide bonds. The van der Waals surface area contributed by atoms with Crippen molar-refractivity contribution in [2.24, 2.45) is 7.05 Å². The van der Waals surface area contributed by atoms with Gasteiger partial charge in [-0.05, 0) is 69.5 Å². The zero-order valence-corrected chi connectivity index (χ0v) is 26.1. The van der Waals surface area contributed by atoms with Gasteiger partial charge in [-0.15, -0.1) is 0 Å². The Hall–Kier alpha value is -4.10. The van der Waals surface area contributed by atoms with Gasteiger partial charge in [-0.25, -0.2) is 23.1 Å². The first-order valence-corrected chi connectivity index (χ1v) is 16.1. The maximum Gasteiger partial charge on any atom is 0.285 e. The second-order valence-electron chi connectivity index (χ2n) is 11.0. The molecule has 226 valence electrons. The molecule has 0 radical (unpaired) electrons. The lowest BCUT2D eigenvalue weighted by Gasteiger charge is -2.33. The van der Waals surface area contributed by atoms with Crippen LogP contribution in [-0.4, -0.2) is 58.4 Å². The molecule has 1 aliphatic heterocycles. The Kier molecular flexibility index (Phi) is 8.39. The van der Waals surface area contributed by atoms with Gasteiger partial charge in [0.15, 0.2) is 5.69 Å². The van der Waals surface area contributed by atoms with Gasteiger partial charge in [-0.2, -0.15) is 10.2 Å². The van der Waals surface area contributed by atoms with Crippen LogP contribution in [0.15, 0.2) is 41.2 Å². The lowest BCUT2D eigenvalue weighted by atomic mass is 9.93. The Morgan fingerprint density at radius 1 is 1.07 bits per heavy atom. The Bertz CT molecular complexity index is 1870. The quantitative estimate of drug-likeness (QED) is 0.292. The molecular weight excluding hydrogens is 592 g/mol. The zero-order valence-electron chi connectivity index (χ0n) is 24.5. The molecule has 1 saturated heterocycles. The van der Waals surface area contributed by atoms with Crippen LogP contribution in [0, 0.1) is 13.8 Å². The summed E-state index contributed by atoms with van der Waals surface area (Å²) in [6.45, 7) is 7.09. The topological polar surface area (TPSA) is 152 Å². The van der Waals surface area contributed by atoms with Crippen molar-refractivity contribution in [1.82, 2.24) is 29.5 Å². The third kappa shape index (κ3) is 6.62. The number of nitrogens with zero attached hydrogens (tertiary/aromatic N) is 6. The summed E-state index contributed by atoms with van der Waals surface area (Å²) < 4.78 is 26.9. The summed E-state index contributed by atoms with van der Waals surface area (Å²) in [5.41, 5.74) is 3.95. The van der Waals surface area contributed by atoms with Gasteiger partial charge in [0.25, 0.3) is 11.5 Å². The van der Waals surface area contributed by atoms with Gasteiger partial charge >= 0.3 is 0 Å². The Morgan fingerprint density at radius 3 is 2.44 bits per heavy atom. The summed E-state index contributed by atoms with van der Waals surface area (Å²) in [4.78, 5) is 37.6. The van der Waals surface area contributed by atoms with Crippen LogP contribution in [0.25, 0.3) is 10.9 Å². The van der Waals surface area contributed by atoms with E-state index in [2.05, 4.69) is 25.4 Å². The molecule has 5 rings (SSSR count). The summed E-state index contributed by atoms with van der Waals surface area (Å²) in [5.74, 6) is -0.0564. The predicted octanol–water partition coefficient (Wildman–Crippen LogP) is 3.64. The molecule has 0 aliphatic carbocycles. The molecule has 0 saturated carbocycles. The summed E-state index contributed by atoms with van der Waals surface area (Å²) in [6, 6.07) is 10.4. The molecule has 3 aromatic heterocycles. The lowest BCUT2D eigenvalue weighted by Crippen LogP contribution is -2.38. The number of aryl methyl sites for hydroxylation is 2. The molecule has 1 aromatic carbocycles. The van der Waals surface area contributed by atoms with Gasteiger partial charge < -0.3 is 10.2 Å². The first kappa shape index (κ1) is 30.4. The highest BCUT2D eigenvalue weighted by molar-refractivity contribution is 7.89. The van der Waals surface area contributed by atoms with Crippen LogP contribution < -0.4 is 20.5 Å². The standard InChI is InChI=1S/C29H33ClN8O4S/c1-16-14-20(18(3)31-23-8-9-24(30)32-26(23)27(39)36-43(5,41)42)25-21(15-16)28(40)37(4)29(33-25)38-12-10-19(11-13-38)22-7-6-17(2)34-35-22/h6-9,14-15,18-19,31H,10-13H2,1-5H3,(H,36,39)/t18-/m1/s1. The number of halogens is 1. The van der Waals surface area contributed by atoms with Crippen LogP contribution in [0.4, 0.5) is 11.6 Å². The molecule has 12 nitrogen and oxygen atoms in total. The van der Waals surface area contributed by atoms with Crippen LogP contribution >= 0.6 is 11.6 Å². The van der Waals surface area contributed by atoms with E-state index in [0.717, 1.165) is 41.6 Å². The SMILES string of the molecule is Cc1cc([C@@H](C)Nc2ccc(Cl)nc2C(=O)NS(C)(=O)=O)c2nc(N3CCC(c4ccc(C)nn4)CC3)n(C)c(=O)c2c1. The predicted molar refractivity (Wildman–Crippen MR) is 166 cm³/mol. The van der Waals surface area contributed by atoms with E-state index in [9.17, 15) is 18.0 Å². The van der Waals surface area contributed by atoms with Crippen LogP contribution in [0.3, 0.4) is 0 Å². The summed E-state index contributed by atoms with van der Waals surface area (Å²) >= 11 is 6.03. The second-order valence-corrected chi connectivity index (χ2v) is 13.1. The van der Waals surface area contributed by atoms with E-state index in [1.165, 1.54) is 6.07 Å². The van der Waals surface area contributed by atoms with E-state index < -0.39 is 22.0 Å². The van der Waals surface area contributed by atoms with Crippen molar-refractivity contribution in [1.29, 1.82) is 0 Å². The molecular formula is C29H33ClN8O4S. The van der Waals surface area contributed by atoms with Gasteiger partial charge in [0.2, 0.25) is 16.0 Å². The third-order valence-electron chi connectivity index (χ3n) is 7.54. The van der Waals surface area contributed by atoms with Crippen molar-refractivity contribution in [2.45, 2.75) is 45.6 Å². The molecule has 2 N–H and O–H groups in total. The highest BCUT2D eigenvalue weighted by Gasteiger charge is 2.26. The number of amides is 1. The van der Waals surface area contributed by atoms with E-state index in [1.54, 1.807) is 17.7 Å². The monoisotopic (exact) mass is 624 g/mol. The normalized spacial score (nSPS) is 15.0. The van der Waals surface area contributed by atoms with Crippen molar-refractivity contribution >= 4 is 50.1 Å². The molecule has 0 unspecified atom stereocenters. The third-order valence-corrected chi connectivity index (χ3v) is 8.30. The Labute approximate surface area is 254 Å². The molecule has 1 fully saturated rings. The average Bonchev–Trinajstić information content (AvgIpc) is 2.95. The molecule has 1 aliphatic rings. The molecule has 4 aromatic rings. The maximum absolute atomic E-state index is 13.6. The lowest BCUT2D eigenvalue weighted by molar-refractivity contribution is 0.0977. The van der Waals surface area contributed by atoms with Gasteiger partial charge in [0.05, 0.1) is 40.3 Å². The smallest absolute Gasteiger partial charge is 0.285 e. The number of fused-ring (bicyclic) bond motifs is 1. The number of sulfonamides is 1. The van der Waals surface area contributed by atoms with E-state index >= 15 is 0 Å². The first-order chi connectivity index (χ1) is 20.3. The average molecular weight is 625 g/mol. The number of carbonyl (C=O) groups excluding carboxylic acids is 1. The van der Waals surface area contributed by atoms with Crippen molar-refractivity contribution in [2.75, 3.05) is 29.6 Å². The largest absolute Gasteiger partial charge is 0.377 e. The number of piperidine rings is 1. The van der Waals surface area contributed by atoms with Gasteiger partial charge in [0, 0.05) is 31.6 Å². The maximum atomic E-state index is 13.6. The Balaban J connectivity index is 1.48. The summed E-state index contributed by atoms with van der Waals surface area (Å²) in [7, 11) is -2.10. The number of rotatable bonds is 7. The van der Waals surface area contributed by atoms with Crippen LogP contribution in [-0.2, 0) is 17.1 Å². The summed E-state index contributed by atoms with van der Waals surface area (Å²) in [6.07, 6.45) is 2.59. The molecule has 43 heavy (non-hydrogen) atoms. The van der Waals surface area contributed by atoms with E-state index in [-0.39, 0.29) is 28.0 Å². The van der Waals surface area contributed by atoms with Gasteiger partial charge in [0.1, 0.15) is 5.15 Å². The number of aromatic nitrogens is 5. The minimum absolute atomic E-state index is 0.0332. The Morgan fingerprint density at radius 2 is 1.79 bits per heavy atom. The fourth-order valence-corrected chi connectivity index (χ4v) is 5.99. The first-order valence-electron chi connectivity index (χ1n) is 13.8. The van der Waals surface area contributed by atoms with Gasteiger partial charge in [-0.3, -0.25) is 14.2 Å².